The Morgan fingerprint density at radius 2 is 1.22 bits per heavy atom. The maximum Gasteiger partial charge on any atom is 0.329 e. The van der Waals surface area contributed by atoms with Gasteiger partial charge in [0, 0.05) is 13.0 Å². The summed E-state index contributed by atoms with van der Waals surface area (Å²) in [6, 6.07) is 38.2. The van der Waals surface area contributed by atoms with Crippen LogP contribution in [0.2, 0.25) is 0 Å². The monoisotopic (exact) mass is 490 g/mol. The van der Waals surface area contributed by atoms with Crippen LogP contribution >= 0.6 is 0 Å². The van der Waals surface area contributed by atoms with Crippen molar-refractivity contribution >= 4 is 11.9 Å². The third kappa shape index (κ3) is 6.32. The summed E-state index contributed by atoms with van der Waals surface area (Å²) in [4.78, 5) is 28.9. The second kappa shape index (κ2) is 11.7. The minimum absolute atomic E-state index is 0.0425. The molecule has 0 aliphatic carbocycles. The lowest BCUT2D eigenvalue weighted by molar-refractivity contribution is -0.149. The number of hydrogen-bond acceptors (Lipinski definition) is 4. The molecule has 0 radical (unpaired) electrons. The third-order valence-electron chi connectivity index (χ3n) is 6.65. The molecule has 0 spiro atoms. The predicted molar refractivity (Wildman–Crippen MR) is 143 cm³/mol. The fourth-order valence-electron chi connectivity index (χ4n) is 4.71. The van der Waals surface area contributed by atoms with Crippen molar-refractivity contribution in [3.63, 3.8) is 0 Å². The number of amides is 1. The van der Waals surface area contributed by atoms with Crippen LogP contribution in [0.25, 0.3) is 0 Å². The van der Waals surface area contributed by atoms with E-state index in [1.807, 2.05) is 109 Å². The van der Waals surface area contributed by atoms with Crippen LogP contribution in [0.3, 0.4) is 0 Å². The highest BCUT2D eigenvalue weighted by Gasteiger charge is 2.53. The van der Waals surface area contributed by atoms with Gasteiger partial charge in [0.1, 0.15) is 18.7 Å². The van der Waals surface area contributed by atoms with Crippen molar-refractivity contribution < 1.29 is 14.3 Å². The van der Waals surface area contributed by atoms with E-state index in [4.69, 9.17) is 4.74 Å². The van der Waals surface area contributed by atoms with Crippen molar-refractivity contribution in [1.82, 2.24) is 10.2 Å². The smallest absolute Gasteiger partial charge is 0.329 e. The molecule has 0 saturated carbocycles. The van der Waals surface area contributed by atoms with Crippen molar-refractivity contribution in [1.29, 1.82) is 0 Å². The van der Waals surface area contributed by atoms with Gasteiger partial charge >= 0.3 is 5.97 Å². The first-order chi connectivity index (χ1) is 18.2. The lowest BCUT2D eigenvalue weighted by atomic mass is 10.1. The third-order valence-corrected chi connectivity index (χ3v) is 6.65. The molecule has 1 amide bonds. The maximum atomic E-state index is 13.6. The van der Waals surface area contributed by atoms with Gasteiger partial charge in [-0.3, -0.25) is 9.69 Å². The molecule has 4 aromatic rings. The Labute approximate surface area is 217 Å². The van der Waals surface area contributed by atoms with E-state index >= 15 is 0 Å². The number of nitrogens with zero attached hydrogens (tertiary/aromatic N) is 1. The molecular formula is C32H30N2O3. The normalized spacial score (nSPS) is 19.0. The van der Waals surface area contributed by atoms with Gasteiger partial charge < -0.3 is 10.1 Å². The van der Waals surface area contributed by atoms with E-state index < -0.39 is 12.0 Å². The fourth-order valence-corrected chi connectivity index (χ4v) is 4.71. The van der Waals surface area contributed by atoms with E-state index in [1.54, 1.807) is 0 Å². The van der Waals surface area contributed by atoms with Gasteiger partial charge in [0.25, 0.3) is 0 Å². The Hall–Kier alpha value is -4.22. The first kappa shape index (κ1) is 24.5. The van der Waals surface area contributed by atoms with Gasteiger partial charge in [0.2, 0.25) is 5.91 Å². The summed E-state index contributed by atoms with van der Waals surface area (Å²) in [7, 11) is 0. The van der Waals surface area contributed by atoms with Crippen LogP contribution in [-0.2, 0) is 33.9 Å². The first-order valence-electron chi connectivity index (χ1n) is 12.6. The second-order valence-corrected chi connectivity index (χ2v) is 9.30. The Balaban J connectivity index is 1.32. The number of benzene rings is 4. The number of rotatable bonds is 10. The molecule has 1 fully saturated rings. The van der Waals surface area contributed by atoms with Crippen molar-refractivity contribution in [2.75, 3.05) is 0 Å². The van der Waals surface area contributed by atoms with E-state index in [-0.39, 0.29) is 24.6 Å². The lowest BCUT2D eigenvalue weighted by Crippen LogP contribution is -2.45. The van der Waals surface area contributed by atoms with Crippen molar-refractivity contribution in [3.05, 3.63) is 144 Å². The van der Waals surface area contributed by atoms with Crippen molar-refractivity contribution in [2.45, 2.75) is 37.7 Å². The second-order valence-electron chi connectivity index (χ2n) is 9.30. The number of ether oxygens (including phenoxy) is 1. The van der Waals surface area contributed by atoms with Crippen molar-refractivity contribution in [2.24, 2.45) is 0 Å². The zero-order valence-electron chi connectivity index (χ0n) is 20.6. The van der Waals surface area contributed by atoms with E-state index in [0.717, 1.165) is 22.3 Å². The minimum Gasteiger partial charge on any atom is -0.459 e. The highest BCUT2D eigenvalue weighted by molar-refractivity contribution is 5.90. The molecule has 5 heteroatoms. The molecule has 1 heterocycles. The zero-order chi connectivity index (χ0) is 25.5. The molecule has 5 nitrogen and oxygen atoms in total. The molecule has 1 aliphatic rings. The zero-order valence-corrected chi connectivity index (χ0v) is 20.6. The van der Waals surface area contributed by atoms with Crippen LogP contribution in [-0.4, -0.2) is 28.9 Å². The fraction of sp³-hybridized carbons (Fsp3) is 0.188. The number of hydrogen-bond donors (Lipinski definition) is 1. The average molecular weight is 491 g/mol. The topological polar surface area (TPSA) is 58.4 Å². The van der Waals surface area contributed by atoms with Crippen LogP contribution < -0.4 is 5.32 Å². The Bertz CT molecular complexity index is 1300. The highest BCUT2D eigenvalue weighted by atomic mass is 16.5. The first-order valence-corrected chi connectivity index (χ1v) is 12.6. The van der Waals surface area contributed by atoms with E-state index in [1.165, 1.54) is 0 Å². The van der Waals surface area contributed by atoms with E-state index in [9.17, 15) is 9.59 Å². The standard InChI is InChI=1S/C32H30N2O3/c35-31(30-29(27-19-11-4-12-20-27)34(30)22-25-15-7-2-8-16-25)33-28(21-24-13-5-1-6-14-24)32(36)37-23-26-17-9-3-10-18-26/h1-20,28-30H,21-23H2,(H,33,35)/t28-,29?,30?,34?/m0/s1. The van der Waals surface area contributed by atoms with Gasteiger partial charge in [-0.1, -0.05) is 121 Å². The van der Waals surface area contributed by atoms with Crippen LogP contribution in [0, 0.1) is 0 Å². The summed E-state index contributed by atoms with van der Waals surface area (Å²) in [5.74, 6) is -0.602. The summed E-state index contributed by atoms with van der Waals surface area (Å²) in [6.45, 7) is 0.817. The Morgan fingerprint density at radius 1 is 0.703 bits per heavy atom. The summed E-state index contributed by atoms with van der Waals surface area (Å²) in [6.07, 6.45) is 0.363. The molecule has 1 N–H and O–H groups in total. The highest BCUT2D eigenvalue weighted by Crippen LogP contribution is 2.44. The molecule has 4 atom stereocenters. The van der Waals surface area contributed by atoms with Gasteiger partial charge in [-0.2, -0.15) is 0 Å². The Morgan fingerprint density at radius 3 is 1.81 bits per heavy atom. The number of esters is 1. The van der Waals surface area contributed by atoms with E-state index in [2.05, 4.69) is 22.3 Å². The quantitative estimate of drug-likeness (QED) is 0.249. The molecule has 186 valence electrons. The van der Waals surface area contributed by atoms with Gasteiger partial charge in [0.15, 0.2) is 0 Å². The van der Waals surface area contributed by atoms with Crippen LogP contribution in [0.1, 0.15) is 28.3 Å². The number of nitrogens with one attached hydrogen (secondary N) is 1. The molecule has 5 rings (SSSR count). The lowest BCUT2D eigenvalue weighted by Gasteiger charge is -2.18. The van der Waals surface area contributed by atoms with Gasteiger partial charge in [-0.05, 0) is 22.3 Å². The Kier molecular flexibility index (Phi) is 7.72. The average Bonchev–Trinajstić information content (AvgIpc) is 3.67. The molecular weight excluding hydrogens is 460 g/mol. The van der Waals surface area contributed by atoms with Crippen molar-refractivity contribution in [3.8, 4) is 0 Å². The predicted octanol–water partition coefficient (Wildman–Crippen LogP) is 5.08. The summed E-state index contributed by atoms with van der Waals surface area (Å²) in [5.41, 5.74) is 4.09. The van der Waals surface area contributed by atoms with Crippen LogP contribution in [0.4, 0.5) is 0 Å². The molecule has 37 heavy (non-hydrogen) atoms. The molecule has 1 saturated heterocycles. The van der Waals surface area contributed by atoms with Gasteiger partial charge in [-0.15, -0.1) is 0 Å². The number of carbonyl (C=O) groups excluding carboxylic acids is 2. The van der Waals surface area contributed by atoms with Crippen LogP contribution in [0.15, 0.2) is 121 Å². The van der Waals surface area contributed by atoms with Gasteiger partial charge in [-0.25, -0.2) is 4.79 Å². The van der Waals surface area contributed by atoms with Gasteiger partial charge in [0.05, 0.1) is 6.04 Å². The minimum atomic E-state index is -0.783. The SMILES string of the molecule is O=C(N[C@@H](Cc1ccccc1)C(=O)OCc1ccccc1)C1C(c2ccccc2)N1Cc1ccccc1. The number of carbonyl (C=O) groups is 2. The summed E-state index contributed by atoms with van der Waals surface area (Å²) >= 11 is 0. The maximum absolute atomic E-state index is 13.6. The largest absolute Gasteiger partial charge is 0.459 e. The molecule has 4 aromatic carbocycles. The summed E-state index contributed by atoms with van der Waals surface area (Å²) in [5, 5.41) is 3.02. The molecule has 1 aliphatic heterocycles. The molecule has 0 bridgehead atoms. The molecule has 0 aromatic heterocycles. The summed E-state index contributed by atoms with van der Waals surface area (Å²) < 4.78 is 5.63. The van der Waals surface area contributed by atoms with E-state index in [0.29, 0.717) is 13.0 Å². The van der Waals surface area contributed by atoms with Crippen LogP contribution in [0.5, 0.6) is 0 Å². The molecule has 3 unspecified atom stereocenters.